The lowest BCUT2D eigenvalue weighted by molar-refractivity contribution is 0.0940. The second-order valence-corrected chi connectivity index (χ2v) is 4.94. The number of carbonyl (C=O) groups is 1. The molecule has 2 rings (SSSR count). The monoisotopic (exact) mass is 278 g/mol. The molecule has 5 heteroatoms. The normalized spacial score (nSPS) is 15.7. The van der Waals surface area contributed by atoms with Crippen LogP contribution in [-0.4, -0.2) is 39.8 Å². The zero-order chi connectivity index (χ0) is 14.4. The first kappa shape index (κ1) is 14.7. The maximum atomic E-state index is 12.3. The van der Waals surface area contributed by atoms with Crippen molar-refractivity contribution in [3.05, 3.63) is 23.8 Å². The number of carbonyl (C=O) groups excluding carboxylic acids is 1. The van der Waals surface area contributed by atoms with Gasteiger partial charge in [-0.05, 0) is 44.0 Å². The average molecular weight is 278 g/mol. The standard InChI is InChI=1S/C15H22N2O3/c1-19-13-5-3-4-12(14(13)20-2)15(18)17-10-11-6-8-16-9-7-11/h3-5,11,16H,6-10H2,1-2H3,(H,17,18). The molecule has 0 saturated carbocycles. The Balaban J connectivity index is 2.01. The Morgan fingerprint density at radius 2 is 2.05 bits per heavy atom. The van der Waals surface area contributed by atoms with Crippen LogP contribution < -0.4 is 20.1 Å². The van der Waals surface area contributed by atoms with Gasteiger partial charge in [-0.2, -0.15) is 0 Å². The molecule has 1 aromatic carbocycles. The van der Waals surface area contributed by atoms with Crippen LogP contribution in [-0.2, 0) is 0 Å². The predicted molar refractivity (Wildman–Crippen MR) is 77.5 cm³/mol. The molecule has 0 unspecified atom stereocenters. The lowest BCUT2D eigenvalue weighted by atomic mass is 9.98. The Hall–Kier alpha value is -1.75. The third kappa shape index (κ3) is 3.42. The van der Waals surface area contributed by atoms with Gasteiger partial charge in [-0.3, -0.25) is 4.79 Å². The number of amides is 1. The SMILES string of the molecule is COc1cccc(C(=O)NCC2CCNCC2)c1OC. The van der Waals surface area contributed by atoms with Crippen LogP contribution in [0.5, 0.6) is 11.5 Å². The summed E-state index contributed by atoms with van der Waals surface area (Å²) < 4.78 is 10.5. The molecule has 0 atom stereocenters. The summed E-state index contributed by atoms with van der Waals surface area (Å²) >= 11 is 0. The average Bonchev–Trinajstić information content (AvgIpc) is 2.52. The Morgan fingerprint density at radius 3 is 2.70 bits per heavy atom. The van der Waals surface area contributed by atoms with Crippen LogP contribution in [0.3, 0.4) is 0 Å². The molecule has 1 saturated heterocycles. The van der Waals surface area contributed by atoms with E-state index in [0.717, 1.165) is 25.9 Å². The van der Waals surface area contributed by atoms with Gasteiger partial charge in [0.15, 0.2) is 11.5 Å². The largest absolute Gasteiger partial charge is 0.493 e. The smallest absolute Gasteiger partial charge is 0.255 e. The molecule has 2 N–H and O–H groups in total. The van der Waals surface area contributed by atoms with Crippen LogP contribution >= 0.6 is 0 Å². The summed E-state index contributed by atoms with van der Waals surface area (Å²) in [4.78, 5) is 12.3. The molecular formula is C15H22N2O3. The summed E-state index contributed by atoms with van der Waals surface area (Å²) in [7, 11) is 3.11. The molecule has 0 aromatic heterocycles. The van der Waals surface area contributed by atoms with Crippen molar-refractivity contribution in [2.45, 2.75) is 12.8 Å². The Labute approximate surface area is 119 Å². The number of nitrogens with one attached hydrogen (secondary N) is 2. The minimum absolute atomic E-state index is 0.112. The lowest BCUT2D eigenvalue weighted by Crippen LogP contribution is -2.36. The molecular weight excluding hydrogens is 256 g/mol. The van der Waals surface area contributed by atoms with E-state index in [1.54, 1.807) is 32.4 Å². The third-order valence-corrected chi connectivity index (χ3v) is 3.66. The van der Waals surface area contributed by atoms with Gasteiger partial charge in [0.05, 0.1) is 19.8 Å². The number of piperidine rings is 1. The fourth-order valence-electron chi connectivity index (χ4n) is 2.48. The molecule has 1 heterocycles. The Bertz CT molecular complexity index is 456. The minimum atomic E-state index is -0.112. The highest BCUT2D eigenvalue weighted by molar-refractivity contribution is 5.97. The van der Waals surface area contributed by atoms with Crippen molar-refractivity contribution in [2.24, 2.45) is 5.92 Å². The molecule has 5 nitrogen and oxygen atoms in total. The zero-order valence-electron chi connectivity index (χ0n) is 12.1. The van der Waals surface area contributed by atoms with E-state index in [9.17, 15) is 4.79 Å². The predicted octanol–water partition coefficient (Wildman–Crippen LogP) is 1.43. The van der Waals surface area contributed by atoms with Gasteiger partial charge < -0.3 is 20.1 Å². The highest BCUT2D eigenvalue weighted by atomic mass is 16.5. The van der Waals surface area contributed by atoms with E-state index in [1.807, 2.05) is 0 Å². The Morgan fingerprint density at radius 1 is 1.30 bits per heavy atom. The maximum Gasteiger partial charge on any atom is 0.255 e. The fraction of sp³-hybridized carbons (Fsp3) is 0.533. The van der Waals surface area contributed by atoms with E-state index in [2.05, 4.69) is 10.6 Å². The van der Waals surface area contributed by atoms with Gasteiger partial charge in [0.2, 0.25) is 0 Å². The third-order valence-electron chi connectivity index (χ3n) is 3.66. The number of rotatable bonds is 5. The van der Waals surface area contributed by atoms with Gasteiger partial charge >= 0.3 is 0 Å². The van der Waals surface area contributed by atoms with Gasteiger partial charge in [0, 0.05) is 6.54 Å². The topological polar surface area (TPSA) is 59.6 Å². The lowest BCUT2D eigenvalue weighted by Gasteiger charge is -2.23. The number of ether oxygens (including phenoxy) is 2. The first-order chi connectivity index (χ1) is 9.76. The maximum absolute atomic E-state index is 12.3. The van der Waals surface area contributed by atoms with E-state index in [1.165, 1.54) is 0 Å². The van der Waals surface area contributed by atoms with Crippen molar-refractivity contribution in [2.75, 3.05) is 33.9 Å². The first-order valence-electron chi connectivity index (χ1n) is 6.96. The Kier molecular flexibility index (Phi) is 5.24. The van der Waals surface area contributed by atoms with Crippen molar-refractivity contribution >= 4 is 5.91 Å². The molecule has 1 amide bonds. The molecule has 0 aliphatic carbocycles. The summed E-state index contributed by atoms with van der Waals surface area (Å²) in [6.07, 6.45) is 2.21. The van der Waals surface area contributed by atoms with Crippen LogP contribution in [0.2, 0.25) is 0 Å². The fourth-order valence-corrected chi connectivity index (χ4v) is 2.48. The molecule has 1 aliphatic rings. The van der Waals surface area contributed by atoms with Gasteiger partial charge in [-0.25, -0.2) is 0 Å². The molecule has 1 aliphatic heterocycles. The quantitative estimate of drug-likeness (QED) is 0.855. The van der Waals surface area contributed by atoms with E-state index in [4.69, 9.17) is 9.47 Å². The summed E-state index contributed by atoms with van der Waals surface area (Å²) in [6.45, 7) is 2.77. The summed E-state index contributed by atoms with van der Waals surface area (Å²) in [5, 5.41) is 6.31. The number of para-hydroxylation sites is 1. The highest BCUT2D eigenvalue weighted by Crippen LogP contribution is 2.30. The van der Waals surface area contributed by atoms with Crippen molar-refractivity contribution in [3.8, 4) is 11.5 Å². The number of hydrogen-bond donors (Lipinski definition) is 2. The van der Waals surface area contributed by atoms with Crippen molar-refractivity contribution in [1.29, 1.82) is 0 Å². The summed E-state index contributed by atoms with van der Waals surface area (Å²) in [6, 6.07) is 5.32. The van der Waals surface area contributed by atoms with Gasteiger partial charge in [-0.1, -0.05) is 6.07 Å². The molecule has 110 valence electrons. The molecule has 0 radical (unpaired) electrons. The van der Waals surface area contributed by atoms with Crippen molar-refractivity contribution in [3.63, 3.8) is 0 Å². The number of methoxy groups -OCH3 is 2. The van der Waals surface area contributed by atoms with Crippen LogP contribution in [0.4, 0.5) is 0 Å². The van der Waals surface area contributed by atoms with E-state index in [-0.39, 0.29) is 5.91 Å². The van der Waals surface area contributed by atoms with E-state index in [0.29, 0.717) is 29.5 Å². The van der Waals surface area contributed by atoms with Crippen molar-refractivity contribution < 1.29 is 14.3 Å². The molecule has 1 aromatic rings. The second kappa shape index (κ2) is 7.14. The van der Waals surface area contributed by atoms with Crippen LogP contribution in [0.1, 0.15) is 23.2 Å². The molecule has 20 heavy (non-hydrogen) atoms. The van der Waals surface area contributed by atoms with Crippen LogP contribution in [0.15, 0.2) is 18.2 Å². The minimum Gasteiger partial charge on any atom is -0.493 e. The molecule has 0 spiro atoms. The number of benzene rings is 1. The van der Waals surface area contributed by atoms with Gasteiger partial charge in [0.1, 0.15) is 0 Å². The van der Waals surface area contributed by atoms with Gasteiger partial charge in [0.25, 0.3) is 5.91 Å². The summed E-state index contributed by atoms with van der Waals surface area (Å²) in [5.41, 5.74) is 0.515. The number of hydrogen-bond acceptors (Lipinski definition) is 4. The van der Waals surface area contributed by atoms with Crippen LogP contribution in [0.25, 0.3) is 0 Å². The highest BCUT2D eigenvalue weighted by Gasteiger charge is 2.18. The summed E-state index contributed by atoms with van der Waals surface area (Å²) in [5.74, 6) is 1.50. The molecule has 0 bridgehead atoms. The second-order valence-electron chi connectivity index (χ2n) is 4.94. The zero-order valence-corrected chi connectivity index (χ0v) is 12.1. The van der Waals surface area contributed by atoms with Crippen molar-refractivity contribution in [1.82, 2.24) is 10.6 Å². The van der Waals surface area contributed by atoms with Crippen LogP contribution in [0, 0.1) is 5.92 Å². The van der Waals surface area contributed by atoms with Gasteiger partial charge in [-0.15, -0.1) is 0 Å². The molecule has 1 fully saturated rings. The van der Waals surface area contributed by atoms with E-state index < -0.39 is 0 Å². The van der Waals surface area contributed by atoms with E-state index >= 15 is 0 Å². The first-order valence-corrected chi connectivity index (χ1v) is 6.96.